The second-order valence-electron chi connectivity index (χ2n) is 7.02. The van der Waals surface area contributed by atoms with Gasteiger partial charge in [0.05, 0.1) is 29.6 Å². The Labute approximate surface area is 175 Å². The molecule has 1 aromatic heterocycles. The van der Waals surface area contributed by atoms with E-state index in [0.717, 1.165) is 18.2 Å². The van der Waals surface area contributed by atoms with Crippen LogP contribution in [0.5, 0.6) is 5.88 Å². The van der Waals surface area contributed by atoms with Crippen molar-refractivity contribution in [2.75, 3.05) is 23.6 Å². The molecule has 0 atom stereocenters. The lowest BCUT2D eigenvalue weighted by atomic mass is 10.0. The van der Waals surface area contributed by atoms with Gasteiger partial charge in [-0.2, -0.15) is 13.2 Å². The first kappa shape index (κ1) is 20.6. The van der Waals surface area contributed by atoms with E-state index in [1.807, 2.05) is 0 Å². The molecule has 3 aromatic rings. The summed E-state index contributed by atoms with van der Waals surface area (Å²) in [5, 5.41) is 0. The van der Waals surface area contributed by atoms with Crippen LogP contribution in [0.1, 0.15) is 21.5 Å². The molecular formula is C22H17F4N3O2. The molecule has 0 saturated heterocycles. The number of carbonyl (C=O) groups is 1. The van der Waals surface area contributed by atoms with Crippen molar-refractivity contribution in [1.82, 2.24) is 4.98 Å². The van der Waals surface area contributed by atoms with E-state index >= 15 is 0 Å². The smallest absolute Gasteiger partial charge is 0.416 e. The van der Waals surface area contributed by atoms with E-state index < -0.39 is 23.5 Å². The molecule has 4 rings (SSSR count). The molecule has 160 valence electrons. The Hall–Kier alpha value is -3.62. The molecule has 0 spiro atoms. The second-order valence-corrected chi connectivity index (χ2v) is 7.02. The van der Waals surface area contributed by atoms with Crippen LogP contribution in [0.3, 0.4) is 0 Å². The number of hydrogen-bond donors (Lipinski definition) is 0. The molecule has 9 heteroatoms. The zero-order chi connectivity index (χ0) is 22.3. The minimum atomic E-state index is -4.57. The number of nitrogens with zero attached hydrogens (tertiary/aromatic N) is 3. The Morgan fingerprint density at radius 3 is 2.45 bits per heavy atom. The molecule has 0 unspecified atom stereocenters. The van der Waals surface area contributed by atoms with E-state index in [4.69, 9.17) is 4.74 Å². The normalized spacial score (nSPS) is 13.9. The Bertz CT molecular complexity index is 1160. The van der Waals surface area contributed by atoms with Crippen LogP contribution in [0.2, 0.25) is 0 Å². The highest BCUT2D eigenvalue weighted by molar-refractivity contribution is 6.12. The molecule has 0 radical (unpaired) electrons. The van der Waals surface area contributed by atoms with Crippen molar-refractivity contribution in [3.63, 3.8) is 0 Å². The van der Waals surface area contributed by atoms with Gasteiger partial charge in [0.25, 0.3) is 5.91 Å². The number of amides is 1. The third kappa shape index (κ3) is 3.78. The summed E-state index contributed by atoms with van der Waals surface area (Å²) in [6.07, 6.45) is -3.10. The lowest BCUT2D eigenvalue weighted by molar-refractivity contribution is -0.137. The third-order valence-corrected chi connectivity index (χ3v) is 5.06. The van der Waals surface area contributed by atoms with Gasteiger partial charge in [-0.3, -0.25) is 9.69 Å². The summed E-state index contributed by atoms with van der Waals surface area (Å²) in [7, 11) is 1.44. The van der Waals surface area contributed by atoms with Crippen molar-refractivity contribution >= 4 is 23.0 Å². The van der Waals surface area contributed by atoms with Crippen molar-refractivity contribution in [2.45, 2.75) is 13.1 Å². The lowest BCUT2D eigenvalue weighted by Crippen LogP contribution is -2.45. The van der Waals surface area contributed by atoms with Gasteiger partial charge in [-0.25, -0.2) is 9.37 Å². The number of fused-ring (bicyclic) bond motifs is 1. The van der Waals surface area contributed by atoms with E-state index in [1.165, 1.54) is 36.4 Å². The number of anilines is 3. The number of halogens is 4. The molecule has 0 bridgehead atoms. The van der Waals surface area contributed by atoms with E-state index in [1.54, 1.807) is 24.0 Å². The number of methoxy groups -OCH3 is 1. The SMILES string of the molecule is COc1cc(N2CN(c3ccc(F)cc3C)c3cc(C(F)(F)F)ccc3C2=O)ccn1. The monoisotopic (exact) mass is 431 g/mol. The van der Waals surface area contributed by atoms with Crippen LogP contribution in [0.15, 0.2) is 54.7 Å². The number of hydrogen-bond acceptors (Lipinski definition) is 4. The van der Waals surface area contributed by atoms with Gasteiger partial charge < -0.3 is 9.64 Å². The molecule has 0 N–H and O–H groups in total. The molecule has 0 saturated carbocycles. The first-order chi connectivity index (χ1) is 14.7. The van der Waals surface area contributed by atoms with Crippen LogP contribution in [0, 0.1) is 12.7 Å². The first-order valence-corrected chi connectivity index (χ1v) is 9.26. The third-order valence-electron chi connectivity index (χ3n) is 5.06. The number of aromatic nitrogens is 1. The summed E-state index contributed by atoms with van der Waals surface area (Å²) < 4.78 is 58.9. The van der Waals surface area contributed by atoms with Gasteiger partial charge in [0.1, 0.15) is 12.5 Å². The summed E-state index contributed by atoms with van der Waals surface area (Å²) in [5.41, 5.74) is 0.797. The van der Waals surface area contributed by atoms with Crippen molar-refractivity contribution in [1.29, 1.82) is 0 Å². The number of rotatable bonds is 3. The van der Waals surface area contributed by atoms with Crippen LogP contribution >= 0.6 is 0 Å². The largest absolute Gasteiger partial charge is 0.481 e. The van der Waals surface area contributed by atoms with Gasteiger partial charge >= 0.3 is 6.18 Å². The predicted octanol–water partition coefficient (Wildman–Crippen LogP) is 5.31. The summed E-state index contributed by atoms with van der Waals surface area (Å²) in [4.78, 5) is 20.2. The summed E-state index contributed by atoms with van der Waals surface area (Å²) in [6.45, 7) is 1.58. The second kappa shape index (κ2) is 7.57. The highest BCUT2D eigenvalue weighted by atomic mass is 19.4. The van der Waals surface area contributed by atoms with Gasteiger partial charge in [-0.1, -0.05) is 0 Å². The van der Waals surface area contributed by atoms with Crippen LogP contribution in [0.4, 0.5) is 34.6 Å². The van der Waals surface area contributed by atoms with Crippen LogP contribution in [0.25, 0.3) is 0 Å². The zero-order valence-corrected chi connectivity index (χ0v) is 16.6. The van der Waals surface area contributed by atoms with Crippen molar-refractivity contribution < 1.29 is 27.1 Å². The number of ether oxygens (including phenoxy) is 1. The van der Waals surface area contributed by atoms with Gasteiger partial charge in [-0.05, 0) is 55.0 Å². The summed E-state index contributed by atoms with van der Waals surface area (Å²) in [6, 6.07) is 10.1. The molecule has 2 heterocycles. The Morgan fingerprint density at radius 1 is 1.00 bits per heavy atom. The molecule has 1 amide bonds. The van der Waals surface area contributed by atoms with Crippen molar-refractivity contribution in [2.24, 2.45) is 0 Å². The number of pyridine rings is 1. The Morgan fingerprint density at radius 2 is 1.77 bits per heavy atom. The number of alkyl halides is 3. The quantitative estimate of drug-likeness (QED) is 0.527. The maximum absolute atomic E-state index is 13.7. The highest BCUT2D eigenvalue weighted by Crippen LogP contribution is 2.40. The van der Waals surface area contributed by atoms with Gasteiger partial charge in [-0.15, -0.1) is 0 Å². The van der Waals surface area contributed by atoms with Crippen molar-refractivity contribution in [3.8, 4) is 5.88 Å². The molecule has 2 aromatic carbocycles. The Balaban J connectivity index is 1.89. The predicted molar refractivity (Wildman–Crippen MR) is 107 cm³/mol. The lowest BCUT2D eigenvalue weighted by Gasteiger charge is -2.39. The zero-order valence-electron chi connectivity index (χ0n) is 16.6. The fourth-order valence-electron chi connectivity index (χ4n) is 3.54. The fourth-order valence-corrected chi connectivity index (χ4v) is 3.54. The molecule has 0 aliphatic carbocycles. The molecule has 31 heavy (non-hydrogen) atoms. The van der Waals surface area contributed by atoms with E-state index in [2.05, 4.69) is 4.98 Å². The van der Waals surface area contributed by atoms with Gasteiger partial charge in [0.2, 0.25) is 5.88 Å². The van der Waals surface area contributed by atoms with Crippen LogP contribution in [-0.2, 0) is 6.18 Å². The minimum Gasteiger partial charge on any atom is -0.481 e. The molecule has 1 aliphatic rings. The number of benzene rings is 2. The summed E-state index contributed by atoms with van der Waals surface area (Å²) >= 11 is 0. The fraction of sp³-hybridized carbons (Fsp3) is 0.182. The number of carbonyl (C=O) groups excluding carboxylic acids is 1. The molecular weight excluding hydrogens is 414 g/mol. The molecule has 5 nitrogen and oxygen atoms in total. The molecule has 1 aliphatic heterocycles. The minimum absolute atomic E-state index is 0.0766. The standard InChI is InChI=1S/C22H17F4N3O2/c1-13-9-15(23)4-6-18(13)29-12-28(16-7-8-27-20(11-16)31-2)21(30)17-5-3-14(10-19(17)29)22(24,25)26/h3-11H,12H2,1-2H3. The first-order valence-electron chi connectivity index (χ1n) is 9.26. The van der Waals surface area contributed by atoms with E-state index in [-0.39, 0.29) is 23.8 Å². The van der Waals surface area contributed by atoms with E-state index in [0.29, 0.717) is 16.9 Å². The maximum atomic E-state index is 13.7. The average molecular weight is 431 g/mol. The van der Waals surface area contributed by atoms with Crippen LogP contribution < -0.4 is 14.5 Å². The Kier molecular flexibility index (Phi) is 5.04. The summed E-state index contributed by atoms with van der Waals surface area (Å²) in [5.74, 6) is -0.643. The average Bonchev–Trinajstić information content (AvgIpc) is 2.74. The highest BCUT2D eigenvalue weighted by Gasteiger charge is 2.36. The van der Waals surface area contributed by atoms with Gasteiger partial charge in [0.15, 0.2) is 0 Å². The van der Waals surface area contributed by atoms with Crippen molar-refractivity contribution in [3.05, 3.63) is 77.2 Å². The molecule has 0 fully saturated rings. The topological polar surface area (TPSA) is 45.7 Å². The van der Waals surface area contributed by atoms with Crippen LogP contribution in [-0.4, -0.2) is 24.7 Å². The maximum Gasteiger partial charge on any atom is 0.416 e. The number of aryl methyl sites for hydroxylation is 1. The van der Waals surface area contributed by atoms with E-state index in [9.17, 15) is 22.4 Å². The van der Waals surface area contributed by atoms with Gasteiger partial charge in [0, 0.05) is 18.0 Å².